The molecule has 0 unspecified atom stereocenters. The summed E-state index contributed by atoms with van der Waals surface area (Å²) < 4.78 is 6.80. The van der Waals surface area contributed by atoms with Gasteiger partial charge >= 0.3 is 6.09 Å². The van der Waals surface area contributed by atoms with E-state index in [1.54, 1.807) is 32.2 Å². The Morgan fingerprint density at radius 3 is 2.61 bits per heavy atom. The Balaban J connectivity index is 1.60. The fraction of sp³-hybridized carbons (Fsp3) is 0.611. The van der Waals surface area contributed by atoms with Crippen LogP contribution in [0.2, 0.25) is 0 Å². The molecule has 3 heterocycles. The molecule has 152 valence electrons. The Hall–Kier alpha value is -2.91. The van der Waals surface area contributed by atoms with Crippen LogP contribution in [-0.2, 0) is 16.1 Å². The number of amides is 2. The van der Waals surface area contributed by atoms with Crippen molar-refractivity contribution in [3.63, 3.8) is 0 Å². The molecule has 2 N–H and O–H groups in total. The SMILES string of the molecule is C[C@H](NC(=O)OC(C)(C)C)C(=O)NCc1nnc2ccc(N3CCCC3)nn12. The summed E-state index contributed by atoms with van der Waals surface area (Å²) in [6.07, 6.45) is 1.68. The number of nitrogens with one attached hydrogen (secondary N) is 2. The maximum atomic E-state index is 12.3. The van der Waals surface area contributed by atoms with Gasteiger partial charge in [-0.3, -0.25) is 4.79 Å². The molecule has 2 amide bonds. The lowest BCUT2D eigenvalue weighted by molar-refractivity contribution is -0.123. The molecular weight excluding hydrogens is 362 g/mol. The molecule has 1 saturated heterocycles. The number of anilines is 1. The van der Waals surface area contributed by atoms with Gasteiger partial charge in [-0.05, 0) is 52.7 Å². The molecule has 2 aromatic rings. The van der Waals surface area contributed by atoms with E-state index in [4.69, 9.17) is 4.74 Å². The number of alkyl carbamates (subject to hydrolysis) is 1. The van der Waals surface area contributed by atoms with Crippen LogP contribution in [0, 0.1) is 0 Å². The van der Waals surface area contributed by atoms with Gasteiger partial charge in [-0.15, -0.1) is 15.3 Å². The first-order chi connectivity index (χ1) is 13.2. The zero-order valence-corrected chi connectivity index (χ0v) is 16.7. The van der Waals surface area contributed by atoms with Crippen LogP contribution >= 0.6 is 0 Å². The summed E-state index contributed by atoms with van der Waals surface area (Å²) in [5.74, 6) is 1.05. The molecule has 1 fully saturated rings. The number of nitrogens with zero attached hydrogens (tertiary/aromatic N) is 5. The molecule has 10 nitrogen and oxygen atoms in total. The third kappa shape index (κ3) is 4.87. The summed E-state index contributed by atoms with van der Waals surface area (Å²) in [6.45, 7) is 8.99. The van der Waals surface area contributed by atoms with E-state index in [1.165, 1.54) is 0 Å². The fourth-order valence-electron chi connectivity index (χ4n) is 2.92. The molecule has 1 atom stereocenters. The minimum Gasteiger partial charge on any atom is -0.444 e. The maximum Gasteiger partial charge on any atom is 0.408 e. The van der Waals surface area contributed by atoms with Crippen LogP contribution in [0.15, 0.2) is 12.1 Å². The molecule has 0 aliphatic carbocycles. The highest BCUT2D eigenvalue weighted by Crippen LogP contribution is 2.18. The van der Waals surface area contributed by atoms with Gasteiger partial charge in [0, 0.05) is 13.1 Å². The van der Waals surface area contributed by atoms with E-state index in [9.17, 15) is 9.59 Å². The Morgan fingerprint density at radius 2 is 1.93 bits per heavy atom. The lowest BCUT2D eigenvalue weighted by Gasteiger charge is -2.21. The van der Waals surface area contributed by atoms with Crippen LogP contribution in [0.5, 0.6) is 0 Å². The van der Waals surface area contributed by atoms with E-state index < -0.39 is 17.7 Å². The molecule has 0 spiro atoms. The number of hydrogen-bond donors (Lipinski definition) is 2. The molecule has 2 aromatic heterocycles. The van der Waals surface area contributed by atoms with E-state index in [0.29, 0.717) is 11.5 Å². The van der Waals surface area contributed by atoms with Gasteiger partial charge in [0.25, 0.3) is 0 Å². The third-order valence-electron chi connectivity index (χ3n) is 4.29. The molecule has 0 saturated carbocycles. The molecule has 28 heavy (non-hydrogen) atoms. The largest absolute Gasteiger partial charge is 0.444 e. The summed E-state index contributed by atoms with van der Waals surface area (Å²) in [6, 6.07) is 3.05. The predicted octanol–water partition coefficient (Wildman–Crippen LogP) is 1.25. The highest BCUT2D eigenvalue weighted by molar-refractivity contribution is 5.85. The first-order valence-corrected chi connectivity index (χ1v) is 9.46. The molecule has 10 heteroatoms. The van der Waals surface area contributed by atoms with Gasteiger partial charge in [0.1, 0.15) is 17.5 Å². The fourth-order valence-corrected chi connectivity index (χ4v) is 2.92. The average molecular weight is 389 g/mol. The molecule has 0 bridgehead atoms. The number of fused-ring (bicyclic) bond motifs is 1. The molecular formula is C18H27N7O3. The number of ether oxygens (including phenoxy) is 1. The van der Waals surface area contributed by atoms with Crippen molar-refractivity contribution < 1.29 is 14.3 Å². The number of hydrogen-bond acceptors (Lipinski definition) is 7. The van der Waals surface area contributed by atoms with Crippen LogP contribution in [0.3, 0.4) is 0 Å². The Bertz CT molecular complexity index is 852. The van der Waals surface area contributed by atoms with Crippen molar-refractivity contribution in [3.05, 3.63) is 18.0 Å². The van der Waals surface area contributed by atoms with Gasteiger partial charge < -0.3 is 20.3 Å². The first-order valence-electron chi connectivity index (χ1n) is 9.46. The van der Waals surface area contributed by atoms with Gasteiger partial charge in [-0.25, -0.2) is 4.79 Å². The maximum absolute atomic E-state index is 12.3. The van der Waals surface area contributed by atoms with Crippen molar-refractivity contribution in [1.29, 1.82) is 0 Å². The normalized spacial score (nSPS) is 15.5. The van der Waals surface area contributed by atoms with Gasteiger partial charge in [0.05, 0.1) is 6.54 Å². The van der Waals surface area contributed by atoms with E-state index in [1.807, 2.05) is 12.1 Å². The van der Waals surface area contributed by atoms with Gasteiger partial charge in [0.2, 0.25) is 5.91 Å². The Kier molecular flexibility index (Phi) is 5.66. The molecule has 1 aliphatic heterocycles. The van der Waals surface area contributed by atoms with Crippen LogP contribution < -0.4 is 15.5 Å². The Labute approximate surface area is 163 Å². The van der Waals surface area contributed by atoms with Crippen molar-refractivity contribution in [2.75, 3.05) is 18.0 Å². The predicted molar refractivity (Wildman–Crippen MR) is 103 cm³/mol. The van der Waals surface area contributed by atoms with Gasteiger partial charge in [-0.2, -0.15) is 4.52 Å². The quantitative estimate of drug-likeness (QED) is 0.791. The summed E-state index contributed by atoms with van der Waals surface area (Å²) in [7, 11) is 0. The van der Waals surface area contributed by atoms with Gasteiger partial charge in [-0.1, -0.05) is 0 Å². The summed E-state index contributed by atoms with van der Waals surface area (Å²) in [5.41, 5.74) is -0.00786. The molecule has 0 aromatic carbocycles. The van der Waals surface area contributed by atoms with E-state index >= 15 is 0 Å². The molecule has 3 rings (SSSR count). The molecule has 0 radical (unpaired) electrons. The smallest absolute Gasteiger partial charge is 0.408 e. The van der Waals surface area contributed by atoms with Crippen molar-refractivity contribution in [3.8, 4) is 0 Å². The lowest BCUT2D eigenvalue weighted by Crippen LogP contribution is -2.46. The van der Waals surface area contributed by atoms with Crippen LogP contribution in [0.25, 0.3) is 5.65 Å². The van der Waals surface area contributed by atoms with Crippen LogP contribution in [-0.4, -0.2) is 56.5 Å². The van der Waals surface area contributed by atoms with Crippen molar-refractivity contribution in [1.82, 2.24) is 30.4 Å². The Morgan fingerprint density at radius 1 is 1.21 bits per heavy atom. The highest BCUT2D eigenvalue weighted by Gasteiger charge is 2.21. The molecule has 1 aliphatic rings. The number of carbonyl (C=O) groups excluding carboxylic acids is 2. The van der Waals surface area contributed by atoms with Gasteiger partial charge in [0.15, 0.2) is 11.5 Å². The number of carbonyl (C=O) groups is 2. The van der Waals surface area contributed by atoms with E-state index in [-0.39, 0.29) is 12.5 Å². The number of aromatic nitrogens is 4. The van der Waals surface area contributed by atoms with Crippen molar-refractivity contribution >= 4 is 23.5 Å². The number of rotatable bonds is 5. The van der Waals surface area contributed by atoms with E-state index in [2.05, 4.69) is 30.8 Å². The van der Waals surface area contributed by atoms with Crippen LogP contribution in [0.4, 0.5) is 10.6 Å². The second kappa shape index (κ2) is 7.99. The standard InChI is InChI=1S/C18H27N7O3/c1-12(20-17(27)28-18(2,3)4)16(26)19-11-15-22-21-13-7-8-14(23-25(13)15)24-9-5-6-10-24/h7-8,12H,5-6,9-11H2,1-4H3,(H,19,26)(H,20,27)/t12-/m0/s1. The minimum absolute atomic E-state index is 0.150. The van der Waals surface area contributed by atoms with Crippen molar-refractivity contribution in [2.45, 2.75) is 58.7 Å². The second-order valence-electron chi connectivity index (χ2n) is 7.86. The third-order valence-corrected chi connectivity index (χ3v) is 4.29. The zero-order chi connectivity index (χ0) is 20.3. The van der Waals surface area contributed by atoms with Crippen molar-refractivity contribution in [2.24, 2.45) is 0 Å². The first kappa shape index (κ1) is 19.8. The minimum atomic E-state index is -0.748. The average Bonchev–Trinajstić information content (AvgIpc) is 3.27. The summed E-state index contributed by atoms with van der Waals surface area (Å²) >= 11 is 0. The van der Waals surface area contributed by atoms with E-state index in [0.717, 1.165) is 31.7 Å². The second-order valence-corrected chi connectivity index (χ2v) is 7.86. The monoisotopic (exact) mass is 389 g/mol. The lowest BCUT2D eigenvalue weighted by atomic mass is 10.2. The van der Waals surface area contributed by atoms with Crippen LogP contribution in [0.1, 0.15) is 46.4 Å². The highest BCUT2D eigenvalue weighted by atomic mass is 16.6. The summed E-state index contributed by atoms with van der Waals surface area (Å²) in [4.78, 5) is 26.3. The summed E-state index contributed by atoms with van der Waals surface area (Å²) in [5, 5.41) is 18.1. The zero-order valence-electron chi connectivity index (χ0n) is 16.7. The topological polar surface area (TPSA) is 114 Å².